The standard InChI is InChI=1S/C16H9Cl2N3O/c17-9-5-6-12(11(18)7-9)21-16-15-14(19-8-20-16)10-3-1-2-4-13(10)22-15/h1-8H,(H,19,20,21). The van der Waals surface area contributed by atoms with Crippen molar-refractivity contribution in [1.29, 1.82) is 0 Å². The second kappa shape index (κ2) is 5.16. The van der Waals surface area contributed by atoms with Gasteiger partial charge in [-0.1, -0.05) is 35.3 Å². The van der Waals surface area contributed by atoms with Crippen molar-refractivity contribution in [1.82, 2.24) is 9.97 Å². The van der Waals surface area contributed by atoms with Gasteiger partial charge >= 0.3 is 0 Å². The van der Waals surface area contributed by atoms with Gasteiger partial charge in [0.25, 0.3) is 0 Å². The van der Waals surface area contributed by atoms with Crippen LogP contribution in [0.3, 0.4) is 0 Å². The fraction of sp³-hybridized carbons (Fsp3) is 0. The van der Waals surface area contributed by atoms with E-state index >= 15 is 0 Å². The van der Waals surface area contributed by atoms with Crippen LogP contribution in [0.5, 0.6) is 0 Å². The number of para-hydroxylation sites is 1. The van der Waals surface area contributed by atoms with Crippen LogP contribution in [0.4, 0.5) is 11.5 Å². The highest BCUT2D eigenvalue weighted by atomic mass is 35.5. The number of hydrogen-bond acceptors (Lipinski definition) is 4. The smallest absolute Gasteiger partial charge is 0.196 e. The van der Waals surface area contributed by atoms with Crippen molar-refractivity contribution in [2.45, 2.75) is 0 Å². The molecule has 0 saturated heterocycles. The monoisotopic (exact) mass is 329 g/mol. The summed E-state index contributed by atoms with van der Waals surface area (Å²) in [7, 11) is 0. The Kier molecular flexibility index (Phi) is 3.13. The third-order valence-corrected chi connectivity index (χ3v) is 3.89. The van der Waals surface area contributed by atoms with Crippen LogP contribution >= 0.6 is 23.2 Å². The number of nitrogens with zero attached hydrogens (tertiary/aromatic N) is 2. The number of benzene rings is 2. The zero-order valence-electron chi connectivity index (χ0n) is 11.2. The molecule has 0 aliphatic heterocycles. The van der Waals surface area contributed by atoms with E-state index in [1.807, 2.05) is 24.3 Å². The Hall–Kier alpha value is -2.30. The summed E-state index contributed by atoms with van der Waals surface area (Å²) in [5.74, 6) is 0.561. The molecule has 0 radical (unpaired) electrons. The molecule has 4 nitrogen and oxygen atoms in total. The van der Waals surface area contributed by atoms with Crippen LogP contribution in [0, 0.1) is 0 Å². The van der Waals surface area contributed by atoms with Crippen molar-refractivity contribution in [2.24, 2.45) is 0 Å². The first-order valence-corrected chi connectivity index (χ1v) is 7.32. The lowest BCUT2D eigenvalue weighted by Crippen LogP contribution is -1.95. The van der Waals surface area contributed by atoms with Gasteiger partial charge < -0.3 is 9.73 Å². The van der Waals surface area contributed by atoms with Gasteiger partial charge in [0, 0.05) is 10.4 Å². The van der Waals surface area contributed by atoms with E-state index in [4.69, 9.17) is 27.6 Å². The predicted molar refractivity (Wildman–Crippen MR) is 89.1 cm³/mol. The van der Waals surface area contributed by atoms with Crippen LogP contribution in [0.25, 0.3) is 22.1 Å². The minimum absolute atomic E-state index is 0.510. The van der Waals surface area contributed by atoms with E-state index < -0.39 is 0 Å². The predicted octanol–water partition coefficient (Wildman–Crippen LogP) is 5.43. The zero-order valence-corrected chi connectivity index (χ0v) is 12.7. The van der Waals surface area contributed by atoms with E-state index in [9.17, 15) is 0 Å². The Bertz CT molecular complexity index is 997. The Labute approximate surface area is 135 Å². The fourth-order valence-corrected chi connectivity index (χ4v) is 2.79. The average Bonchev–Trinajstić information content (AvgIpc) is 2.90. The molecular formula is C16H9Cl2N3O. The maximum absolute atomic E-state index is 6.19. The average molecular weight is 330 g/mol. The van der Waals surface area contributed by atoms with Gasteiger partial charge in [0.1, 0.15) is 17.4 Å². The molecule has 2 aromatic heterocycles. The van der Waals surface area contributed by atoms with Gasteiger partial charge in [0.2, 0.25) is 0 Å². The van der Waals surface area contributed by atoms with E-state index in [1.165, 1.54) is 6.33 Å². The van der Waals surface area contributed by atoms with Crippen LogP contribution < -0.4 is 5.32 Å². The Morgan fingerprint density at radius 2 is 1.86 bits per heavy atom. The van der Waals surface area contributed by atoms with Gasteiger partial charge in [-0.05, 0) is 30.3 Å². The highest BCUT2D eigenvalue weighted by molar-refractivity contribution is 6.36. The normalized spacial score (nSPS) is 11.2. The van der Waals surface area contributed by atoms with Gasteiger partial charge in [-0.25, -0.2) is 9.97 Å². The van der Waals surface area contributed by atoms with Crippen molar-refractivity contribution in [3.8, 4) is 0 Å². The summed E-state index contributed by atoms with van der Waals surface area (Å²) < 4.78 is 5.86. The number of rotatable bonds is 2. The third-order valence-electron chi connectivity index (χ3n) is 3.34. The summed E-state index contributed by atoms with van der Waals surface area (Å²) in [6.07, 6.45) is 1.50. The topological polar surface area (TPSA) is 51.0 Å². The molecule has 2 aromatic carbocycles. The zero-order chi connectivity index (χ0) is 15.1. The van der Waals surface area contributed by atoms with Gasteiger partial charge in [-0.2, -0.15) is 0 Å². The molecular weight excluding hydrogens is 321 g/mol. The first-order chi connectivity index (χ1) is 10.7. The molecule has 6 heteroatoms. The van der Waals surface area contributed by atoms with E-state index in [0.717, 1.165) is 16.5 Å². The molecule has 1 N–H and O–H groups in total. The van der Waals surface area contributed by atoms with Gasteiger partial charge in [0.15, 0.2) is 11.4 Å². The summed E-state index contributed by atoms with van der Waals surface area (Å²) in [5, 5.41) is 5.20. The number of furan rings is 1. The van der Waals surface area contributed by atoms with Gasteiger partial charge in [-0.3, -0.25) is 0 Å². The van der Waals surface area contributed by atoms with Crippen LogP contribution in [-0.2, 0) is 0 Å². The number of nitrogens with one attached hydrogen (secondary N) is 1. The number of anilines is 2. The second-order valence-electron chi connectivity index (χ2n) is 4.75. The maximum atomic E-state index is 6.19. The highest BCUT2D eigenvalue weighted by Gasteiger charge is 2.13. The van der Waals surface area contributed by atoms with Crippen molar-refractivity contribution < 1.29 is 4.42 Å². The third kappa shape index (κ3) is 2.17. The molecule has 0 amide bonds. The summed E-state index contributed by atoms with van der Waals surface area (Å²) in [6, 6.07) is 12.9. The van der Waals surface area contributed by atoms with Crippen LogP contribution in [0.15, 0.2) is 53.2 Å². The molecule has 0 fully saturated rings. The Morgan fingerprint density at radius 3 is 2.73 bits per heavy atom. The van der Waals surface area contributed by atoms with Gasteiger partial charge in [-0.15, -0.1) is 0 Å². The van der Waals surface area contributed by atoms with Crippen LogP contribution in [-0.4, -0.2) is 9.97 Å². The second-order valence-corrected chi connectivity index (χ2v) is 5.59. The van der Waals surface area contributed by atoms with Crippen LogP contribution in [0.2, 0.25) is 10.0 Å². The minimum Gasteiger partial charge on any atom is -0.450 e. The van der Waals surface area contributed by atoms with Crippen LogP contribution in [0.1, 0.15) is 0 Å². The summed E-state index contributed by atoms with van der Waals surface area (Å²) in [6.45, 7) is 0. The van der Waals surface area contributed by atoms with E-state index in [1.54, 1.807) is 18.2 Å². The van der Waals surface area contributed by atoms with Crippen molar-refractivity contribution in [3.63, 3.8) is 0 Å². The molecule has 0 saturated carbocycles. The van der Waals surface area contributed by atoms with Crippen molar-refractivity contribution >= 4 is 56.8 Å². The molecule has 0 unspecified atom stereocenters. The molecule has 0 bridgehead atoms. The highest BCUT2D eigenvalue weighted by Crippen LogP contribution is 2.33. The summed E-state index contributed by atoms with van der Waals surface area (Å²) in [5.41, 5.74) is 2.82. The number of halogens is 2. The Balaban J connectivity index is 1.88. The fourth-order valence-electron chi connectivity index (χ4n) is 2.33. The summed E-state index contributed by atoms with van der Waals surface area (Å²) >= 11 is 12.1. The largest absolute Gasteiger partial charge is 0.450 e. The van der Waals surface area contributed by atoms with Crippen molar-refractivity contribution in [3.05, 3.63) is 58.8 Å². The summed E-state index contributed by atoms with van der Waals surface area (Å²) in [4.78, 5) is 8.56. The SMILES string of the molecule is Clc1ccc(Nc2ncnc3c2oc2ccccc23)c(Cl)c1. The first-order valence-electron chi connectivity index (χ1n) is 6.57. The quantitative estimate of drug-likeness (QED) is 0.533. The molecule has 2 heterocycles. The molecule has 4 aromatic rings. The minimum atomic E-state index is 0.510. The lowest BCUT2D eigenvalue weighted by Gasteiger charge is -2.07. The molecule has 0 aliphatic rings. The van der Waals surface area contributed by atoms with E-state index in [0.29, 0.717) is 27.1 Å². The van der Waals surface area contributed by atoms with Crippen molar-refractivity contribution in [2.75, 3.05) is 5.32 Å². The maximum Gasteiger partial charge on any atom is 0.196 e. The first kappa shape index (κ1) is 13.4. The molecule has 22 heavy (non-hydrogen) atoms. The number of hydrogen-bond donors (Lipinski definition) is 1. The molecule has 4 rings (SSSR count). The lowest BCUT2D eigenvalue weighted by atomic mass is 10.2. The number of aromatic nitrogens is 2. The van der Waals surface area contributed by atoms with Gasteiger partial charge in [0.05, 0.1) is 10.7 Å². The number of fused-ring (bicyclic) bond motifs is 3. The molecule has 108 valence electrons. The van der Waals surface area contributed by atoms with E-state index in [2.05, 4.69) is 15.3 Å². The lowest BCUT2D eigenvalue weighted by molar-refractivity contribution is 0.667. The molecule has 0 atom stereocenters. The molecule has 0 spiro atoms. The molecule has 0 aliphatic carbocycles. The van der Waals surface area contributed by atoms with E-state index in [-0.39, 0.29) is 0 Å². The Morgan fingerprint density at radius 1 is 1.00 bits per heavy atom.